The Bertz CT molecular complexity index is 695. The third-order valence-corrected chi connectivity index (χ3v) is 3.58. The molecule has 0 atom stereocenters. The van der Waals surface area contributed by atoms with Crippen molar-refractivity contribution in [3.05, 3.63) is 59.4 Å². The number of nitrogens with zero attached hydrogens (tertiary/aromatic N) is 2. The van der Waals surface area contributed by atoms with E-state index in [1.54, 1.807) is 4.90 Å². The molecule has 0 saturated heterocycles. The van der Waals surface area contributed by atoms with Crippen LogP contribution in [0.3, 0.4) is 0 Å². The van der Waals surface area contributed by atoms with Gasteiger partial charge < -0.3 is 10.0 Å². The van der Waals surface area contributed by atoms with Crippen molar-refractivity contribution in [1.82, 2.24) is 4.98 Å². The number of aromatic nitrogens is 1. The van der Waals surface area contributed by atoms with Gasteiger partial charge in [0.1, 0.15) is 5.69 Å². The van der Waals surface area contributed by atoms with Crippen molar-refractivity contribution in [2.75, 3.05) is 11.4 Å². The van der Waals surface area contributed by atoms with Crippen LogP contribution in [-0.2, 0) is 6.42 Å². The van der Waals surface area contributed by atoms with Crippen LogP contribution in [0.2, 0.25) is 0 Å². The maximum atomic E-state index is 12.6. The van der Waals surface area contributed by atoms with Crippen molar-refractivity contribution in [2.45, 2.75) is 12.8 Å². The first kappa shape index (κ1) is 13.3. The zero-order chi connectivity index (χ0) is 14.8. The van der Waals surface area contributed by atoms with Gasteiger partial charge in [-0.2, -0.15) is 0 Å². The number of benzene rings is 1. The number of rotatable bonds is 2. The fourth-order valence-electron chi connectivity index (χ4n) is 2.55. The topological polar surface area (TPSA) is 70.5 Å². The number of aryl methyl sites for hydroxylation is 1. The molecule has 2 aromatic rings. The summed E-state index contributed by atoms with van der Waals surface area (Å²) in [5.74, 6) is -1.25. The molecule has 1 aromatic carbocycles. The van der Waals surface area contributed by atoms with Gasteiger partial charge in [0.2, 0.25) is 0 Å². The molecule has 1 aliphatic heterocycles. The average Bonchev–Trinajstić information content (AvgIpc) is 2.53. The second kappa shape index (κ2) is 5.36. The smallest absolute Gasteiger partial charge is 0.354 e. The van der Waals surface area contributed by atoms with Gasteiger partial charge in [0.15, 0.2) is 0 Å². The molecule has 1 N–H and O–H groups in total. The minimum Gasteiger partial charge on any atom is -0.477 e. The molecule has 1 amide bonds. The Morgan fingerprint density at radius 2 is 1.95 bits per heavy atom. The van der Waals surface area contributed by atoms with Crippen molar-refractivity contribution >= 4 is 17.6 Å². The summed E-state index contributed by atoms with van der Waals surface area (Å²) in [7, 11) is 0. The van der Waals surface area contributed by atoms with Crippen LogP contribution in [0.1, 0.15) is 32.8 Å². The van der Waals surface area contributed by atoms with Crippen molar-refractivity contribution in [1.29, 1.82) is 0 Å². The lowest BCUT2D eigenvalue weighted by molar-refractivity contribution is 0.0690. The number of aromatic carboxylic acids is 1. The van der Waals surface area contributed by atoms with Crippen LogP contribution in [0.15, 0.2) is 42.6 Å². The standard InChI is InChI=1S/C16H14N2O3/c19-15(12-7-8-13(16(20)21)17-10-12)18-9-3-5-11-4-1-2-6-14(11)18/h1-2,4,6-8,10H,3,5,9H2,(H,20,21). The second-order valence-corrected chi connectivity index (χ2v) is 4.93. The highest BCUT2D eigenvalue weighted by atomic mass is 16.4. The monoisotopic (exact) mass is 282 g/mol. The lowest BCUT2D eigenvalue weighted by atomic mass is 10.0. The molecule has 1 aromatic heterocycles. The zero-order valence-corrected chi connectivity index (χ0v) is 11.3. The number of carboxylic acids is 1. The second-order valence-electron chi connectivity index (χ2n) is 4.93. The van der Waals surface area contributed by atoms with E-state index in [1.165, 1.54) is 18.3 Å². The van der Waals surface area contributed by atoms with E-state index in [4.69, 9.17) is 5.11 Å². The van der Waals surface area contributed by atoms with Gasteiger partial charge in [-0.15, -0.1) is 0 Å². The highest BCUT2D eigenvalue weighted by Gasteiger charge is 2.23. The van der Waals surface area contributed by atoms with E-state index in [0.717, 1.165) is 24.1 Å². The number of pyridine rings is 1. The quantitative estimate of drug-likeness (QED) is 0.918. The molecule has 0 fully saturated rings. The van der Waals surface area contributed by atoms with E-state index in [0.29, 0.717) is 12.1 Å². The third-order valence-electron chi connectivity index (χ3n) is 3.58. The minimum absolute atomic E-state index is 0.0643. The first-order chi connectivity index (χ1) is 10.2. The number of anilines is 1. The Hall–Kier alpha value is -2.69. The van der Waals surface area contributed by atoms with Gasteiger partial charge in [0.05, 0.1) is 5.56 Å². The maximum Gasteiger partial charge on any atom is 0.354 e. The summed E-state index contributed by atoms with van der Waals surface area (Å²) in [6.45, 7) is 0.663. The normalized spacial score (nSPS) is 13.6. The highest BCUT2D eigenvalue weighted by Crippen LogP contribution is 2.27. The number of carbonyl (C=O) groups is 2. The Morgan fingerprint density at radius 3 is 2.67 bits per heavy atom. The Kier molecular flexibility index (Phi) is 3.39. The third kappa shape index (κ3) is 2.50. The number of carboxylic acid groups (broad SMARTS) is 1. The first-order valence-electron chi connectivity index (χ1n) is 6.76. The molecule has 106 valence electrons. The fraction of sp³-hybridized carbons (Fsp3) is 0.188. The lowest BCUT2D eigenvalue weighted by Crippen LogP contribution is -2.35. The zero-order valence-electron chi connectivity index (χ0n) is 11.3. The van der Waals surface area contributed by atoms with Crippen molar-refractivity contribution in [3.8, 4) is 0 Å². The molecule has 0 aliphatic carbocycles. The molecule has 0 bridgehead atoms. The molecular weight excluding hydrogens is 268 g/mol. The van der Waals surface area contributed by atoms with Crippen LogP contribution < -0.4 is 4.90 Å². The van der Waals surface area contributed by atoms with Crippen LogP contribution >= 0.6 is 0 Å². The van der Waals surface area contributed by atoms with E-state index in [1.807, 2.05) is 24.3 Å². The van der Waals surface area contributed by atoms with Gasteiger partial charge in [-0.05, 0) is 36.6 Å². The molecular formula is C16H14N2O3. The van der Waals surface area contributed by atoms with Gasteiger partial charge in [-0.25, -0.2) is 9.78 Å². The number of fused-ring (bicyclic) bond motifs is 1. The highest BCUT2D eigenvalue weighted by molar-refractivity contribution is 6.06. The van der Waals surface area contributed by atoms with E-state index >= 15 is 0 Å². The minimum atomic E-state index is -1.10. The van der Waals surface area contributed by atoms with Crippen molar-refractivity contribution in [3.63, 3.8) is 0 Å². The van der Waals surface area contributed by atoms with Gasteiger partial charge >= 0.3 is 5.97 Å². The molecule has 5 nitrogen and oxygen atoms in total. The van der Waals surface area contributed by atoms with Gasteiger partial charge in [-0.3, -0.25) is 4.79 Å². The maximum absolute atomic E-state index is 12.6. The number of para-hydroxylation sites is 1. The SMILES string of the molecule is O=C(O)c1ccc(C(=O)N2CCCc3ccccc32)cn1. The summed E-state index contributed by atoms with van der Waals surface area (Å²) < 4.78 is 0. The summed E-state index contributed by atoms with van der Waals surface area (Å²) in [6.07, 6.45) is 3.21. The lowest BCUT2D eigenvalue weighted by Gasteiger charge is -2.29. The van der Waals surface area contributed by atoms with Crippen molar-refractivity contribution in [2.24, 2.45) is 0 Å². The number of amides is 1. The van der Waals surface area contributed by atoms with E-state index in [-0.39, 0.29) is 11.6 Å². The summed E-state index contributed by atoms with van der Waals surface area (Å²) in [6, 6.07) is 10.7. The number of carbonyl (C=O) groups excluding carboxylic acids is 1. The molecule has 3 rings (SSSR count). The Labute approximate surface area is 121 Å². The predicted octanol–water partition coefficient (Wildman–Crippen LogP) is 2.37. The predicted molar refractivity (Wildman–Crippen MR) is 77.6 cm³/mol. The van der Waals surface area contributed by atoms with Crippen LogP contribution in [0.25, 0.3) is 0 Å². The van der Waals surface area contributed by atoms with E-state index in [9.17, 15) is 9.59 Å². The Balaban J connectivity index is 1.91. The van der Waals surface area contributed by atoms with Gasteiger partial charge in [0, 0.05) is 18.4 Å². The molecule has 0 spiro atoms. The van der Waals surface area contributed by atoms with Crippen LogP contribution in [-0.4, -0.2) is 28.5 Å². The number of hydrogen-bond donors (Lipinski definition) is 1. The van der Waals surface area contributed by atoms with Gasteiger partial charge in [-0.1, -0.05) is 18.2 Å². The molecule has 5 heteroatoms. The van der Waals surface area contributed by atoms with Crippen LogP contribution in [0.4, 0.5) is 5.69 Å². The van der Waals surface area contributed by atoms with Gasteiger partial charge in [0.25, 0.3) is 5.91 Å². The fourth-order valence-corrected chi connectivity index (χ4v) is 2.55. The first-order valence-corrected chi connectivity index (χ1v) is 6.76. The summed E-state index contributed by atoms with van der Waals surface area (Å²) >= 11 is 0. The van der Waals surface area contributed by atoms with Crippen LogP contribution in [0.5, 0.6) is 0 Å². The Morgan fingerprint density at radius 1 is 1.14 bits per heavy atom. The molecule has 1 aliphatic rings. The van der Waals surface area contributed by atoms with Crippen LogP contribution in [0, 0.1) is 0 Å². The van der Waals surface area contributed by atoms with Crippen molar-refractivity contribution < 1.29 is 14.7 Å². The molecule has 0 saturated carbocycles. The summed E-state index contributed by atoms with van der Waals surface area (Å²) in [4.78, 5) is 28.9. The summed E-state index contributed by atoms with van der Waals surface area (Å²) in [5, 5.41) is 8.84. The molecule has 0 unspecified atom stereocenters. The molecule has 2 heterocycles. The molecule has 0 radical (unpaired) electrons. The summed E-state index contributed by atoms with van der Waals surface area (Å²) in [5.41, 5.74) is 2.42. The molecule has 21 heavy (non-hydrogen) atoms. The van der Waals surface area contributed by atoms with E-state index < -0.39 is 5.97 Å². The average molecular weight is 282 g/mol. The number of hydrogen-bond acceptors (Lipinski definition) is 3. The largest absolute Gasteiger partial charge is 0.477 e. The van der Waals surface area contributed by atoms with E-state index in [2.05, 4.69) is 4.98 Å².